The Kier molecular flexibility index (Phi) is 5.42. The van der Waals surface area contributed by atoms with Crippen LogP contribution < -0.4 is 0 Å². The van der Waals surface area contributed by atoms with Gasteiger partial charge in [0.25, 0.3) is 0 Å². The third-order valence-corrected chi connectivity index (χ3v) is 4.68. The molecule has 0 bridgehead atoms. The van der Waals surface area contributed by atoms with Gasteiger partial charge < -0.3 is 14.9 Å². The Bertz CT molecular complexity index is 587. The van der Waals surface area contributed by atoms with E-state index in [1.54, 1.807) is 16.8 Å². The van der Waals surface area contributed by atoms with Crippen molar-refractivity contribution in [2.75, 3.05) is 20.2 Å². The molecule has 0 aliphatic carbocycles. The number of aryl methyl sites for hydroxylation is 1. The third kappa shape index (κ3) is 3.91. The predicted octanol–water partition coefficient (Wildman–Crippen LogP) is 1.72. The van der Waals surface area contributed by atoms with Gasteiger partial charge in [0.1, 0.15) is 0 Å². The number of carbonyl (C=O) groups excluding carboxylic acids is 2. The molecule has 2 amide bonds. The number of hydrogen-bond acceptors (Lipinski definition) is 3. The van der Waals surface area contributed by atoms with Crippen LogP contribution in [-0.2, 0) is 16.1 Å². The third-order valence-electron chi connectivity index (χ3n) is 4.68. The molecule has 1 unspecified atom stereocenters. The second kappa shape index (κ2) is 7.13. The molecule has 0 saturated carbocycles. The molecule has 1 aliphatic heterocycles. The van der Waals surface area contributed by atoms with Crippen LogP contribution in [0.2, 0.25) is 0 Å². The van der Waals surface area contributed by atoms with E-state index in [2.05, 4.69) is 6.07 Å². The Balaban J connectivity index is 2.06. The molecule has 0 spiro atoms. The molecule has 1 N–H and O–H groups in total. The lowest BCUT2D eigenvalue weighted by molar-refractivity contribution is -0.140. The number of rotatable bonds is 5. The fraction of sp³-hybridized carbons (Fsp3) is 0.556. The van der Waals surface area contributed by atoms with Crippen LogP contribution in [0.15, 0.2) is 24.3 Å². The van der Waals surface area contributed by atoms with E-state index in [4.69, 9.17) is 0 Å². The number of aliphatic hydroxyl groups excluding tert-OH is 1. The second-order valence-corrected chi connectivity index (χ2v) is 6.57. The zero-order chi connectivity index (χ0) is 17.0. The van der Waals surface area contributed by atoms with Gasteiger partial charge in [0.05, 0.1) is 18.6 Å². The molecular weight excluding hydrogens is 292 g/mol. The van der Waals surface area contributed by atoms with Crippen molar-refractivity contribution in [3.63, 3.8) is 0 Å². The van der Waals surface area contributed by atoms with Crippen LogP contribution in [0.1, 0.15) is 37.3 Å². The summed E-state index contributed by atoms with van der Waals surface area (Å²) >= 11 is 0. The van der Waals surface area contributed by atoms with Gasteiger partial charge in [0.2, 0.25) is 11.8 Å². The summed E-state index contributed by atoms with van der Waals surface area (Å²) < 4.78 is 0. The minimum absolute atomic E-state index is 0.0475. The summed E-state index contributed by atoms with van der Waals surface area (Å²) in [5.74, 6) is -0.126. The highest BCUT2D eigenvalue weighted by Gasteiger charge is 2.44. The van der Waals surface area contributed by atoms with Gasteiger partial charge in [-0.15, -0.1) is 0 Å². The van der Waals surface area contributed by atoms with Crippen LogP contribution in [0.5, 0.6) is 0 Å². The zero-order valence-electron chi connectivity index (χ0n) is 14.2. The van der Waals surface area contributed by atoms with Crippen LogP contribution in [0.4, 0.5) is 0 Å². The maximum absolute atomic E-state index is 12.6. The van der Waals surface area contributed by atoms with Crippen LogP contribution in [0.3, 0.4) is 0 Å². The lowest BCUT2D eigenvalue weighted by atomic mass is 9.92. The van der Waals surface area contributed by atoms with Gasteiger partial charge in [-0.3, -0.25) is 9.59 Å². The Hall–Kier alpha value is -1.88. The topological polar surface area (TPSA) is 60.9 Å². The standard InChI is InChI=1S/C18H26N2O3/c1-14-6-4-7-16(10-14)12-19(3)17(23)11-18(13-21)8-5-9-20(18)15(2)22/h4,6-7,10,21H,5,8-9,11-13H2,1-3H3. The first kappa shape index (κ1) is 17.5. The summed E-state index contributed by atoms with van der Waals surface area (Å²) in [5.41, 5.74) is 1.51. The largest absolute Gasteiger partial charge is 0.394 e. The first-order chi connectivity index (χ1) is 10.9. The lowest BCUT2D eigenvalue weighted by Gasteiger charge is -2.37. The van der Waals surface area contributed by atoms with E-state index >= 15 is 0 Å². The molecule has 1 saturated heterocycles. The smallest absolute Gasteiger partial charge is 0.225 e. The molecule has 1 fully saturated rings. The van der Waals surface area contributed by atoms with E-state index in [0.717, 1.165) is 17.5 Å². The fourth-order valence-electron chi connectivity index (χ4n) is 3.42. The average molecular weight is 318 g/mol. The van der Waals surface area contributed by atoms with Crippen molar-refractivity contribution < 1.29 is 14.7 Å². The molecule has 5 heteroatoms. The highest BCUT2D eigenvalue weighted by molar-refractivity contribution is 5.80. The molecular formula is C18H26N2O3. The van der Waals surface area contributed by atoms with Gasteiger partial charge in [-0.05, 0) is 25.3 Å². The van der Waals surface area contributed by atoms with E-state index < -0.39 is 5.54 Å². The molecule has 1 heterocycles. The van der Waals surface area contributed by atoms with Gasteiger partial charge in [0, 0.05) is 27.1 Å². The molecule has 23 heavy (non-hydrogen) atoms. The number of benzene rings is 1. The van der Waals surface area contributed by atoms with Crippen molar-refractivity contribution in [1.82, 2.24) is 9.80 Å². The van der Waals surface area contributed by atoms with E-state index in [1.807, 2.05) is 25.1 Å². The van der Waals surface area contributed by atoms with E-state index in [0.29, 0.717) is 19.5 Å². The van der Waals surface area contributed by atoms with Crippen molar-refractivity contribution in [2.45, 2.75) is 45.2 Å². The summed E-state index contributed by atoms with van der Waals surface area (Å²) in [5, 5.41) is 9.83. The zero-order valence-corrected chi connectivity index (χ0v) is 14.2. The summed E-state index contributed by atoms with van der Waals surface area (Å²) in [6, 6.07) is 8.06. The highest BCUT2D eigenvalue weighted by Crippen LogP contribution is 2.33. The molecule has 126 valence electrons. The van der Waals surface area contributed by atoms with Gasteiger partial charge in [-0.1, -0.05) is 29.8 Å². The van der Waals surface area contributed by atoms with Crippen molar-refractivity contribution in [3.8, 4) is 0 Å². The molecule has 0 aromatic heterocycles. The number of hydrogen-bond donors (Lipinski definition) is 1. The van der Waals surface area contributed by atoms with Crippen LogP contribution in [0, 0.1) is 6.92 Å². The van der Waals surface area contributed by atoms with Crippen molar-refractivity contribution >= 4 is 11.8 Å². The second-order valence-electron chi connectivity index (χ2n) is 6.57. The van der Waals surface area contributed by atoms with Crippen molar-refractivity contribution in [2.24, 2.45) is 0 Å². The summed E-state index contributed by atoms with van der Waals surface area (Å²) in [4.78, 5) is 27.7. The molecule has 5 nitrogen and oxygen atoms in total. The number of carbonyl (C=O) groups is 2. The van der Waals surface area contributed by atoms with E-state index in [1.165, 1.54) is 6.92 Å². The molecule has 1 aromatic carbocycles. The van der Waals surface area contributed by atoms with Gasteiger partial charge in [0.15, 0.2) is 0 Å². The first-order valence-electron chi connectivity index (χ1n) is 8.06. The predicted molar refractivity (Wildman–Crippen MR) is 88.7 cm³/mol. The number of amides is 2. The molecule has 1 atom stereocenters. The fourth-order valence-corrected chi connectivity index (χ4v) is 3.42. The molecule has 1 aromatic rings. The van der Waals surface area contributed by atoms with Gasteiger partial charge >= 0.3 is 0 Å². The van der Waals surface area contributed by atoms with Crippen molar-refractivity contribution in [1.29, 1.82) is 0 Å². The normalized spacial score (nSPS) is 20.6. The maximum Gasteiger partial charge on any atom is 0.225 e. The van der Waals surface area contributed by atoms with E-state index in [9.17, 15) is 14.7 Å². The maximum atomic E-state index is 12.6. The monoisotopic (exact) mass is 318 g/mol. The summed E-state index contributed by atoms with van der Waals surface area (Å²) in [7, 11) is 1.77. The van der Waals surface area contributed by atoms with Gasteiger partial charge in [-0.25, -0.2) is 0 Å². The lowest BCUT2D eigenvalue weighted by Crippen LogP contribution is -2.52. The average Bonchev–Trinajstić information content (AvgIpc) is 2.91. The Labute approximate surface area is 137 Å². The summed E-state index contributed by atoms with van der Waals surface area (Å²) in [6.07, 6.45) is 1.67. The Morgan fingerprint density at radius 1 is 1.39 bits per heavy atom. The highest BCUT2D eigenvalue weighted by atomic mass is 16.3. The number of aliphatic hydroxyl groups is 1. The number of nitrogens with zero attached hydrogens (tertiary/aromatic N) is 2. The quantitative estimate of drug-likeness (QED) is 0.899. The van der Waals surface area contributed by atoms with Crippen LogP contribution >= 0.6 is 0 Å². The van der Waals surface area contributed by atoms with Crippen LogP contribution in [-0.4, -0.2) is 52.5 Å². The Morgan fingerprint density at radius 2 is 2.13 bits per heavy atom. The van der Waals surface area contributed by atoms with Crippen LogP contribution in [0.25, 0.3) is 0 Å². The minimum atomic E-state index is -0.732. The SMILES string of the molecule is CC(=O)N1CCCC1(CO)CC(=O)N(C)Cc1cccc(C)c1. The van der Waals surface area contributed by atoms with Crippen molar-refractivity contribution in [3.05, 3.63) is 35.4 Å². The molecule has 2 rings (SSSR count). The van der Waals surface area contributed by atoms with Gasteiger partial charge in [-0.2, -0.15) is 0 Å². The molecule has 1 aliphatic rings. The van der Waals surface area contributed by atoms with E-state index in [-0.39, 0.29) is 24.8 Å². The molecule has 0 radical (unpaired) electrons. The first-order valence-corrected chi connectivity index (χ1v) is 8.06. The number of likely N-dealkylation sites (tertiary alicyclic amines) is 1. The Morgan fingerprint density at radius 3 is 2.74 bits per heavy atom. The summed E-state index contributed by atoms with van der Waals surface area (Å²) in [6.45, 7) is 4.50. The minimum Gasteiger partial charge on any atom is -0.394 e.